The smallest absolute Gasteiger partial charge is 0.193 e. The maximum atomic E-state index is 13.2. The first-order valence-corrected chi connectivity index (χ1v) is 12.0. The molecular weight excluding hydrogens is 496 g/mol. The zero-order chi connectivity index (χ0) is 28.2. The molecule has 0 atom stereocenters. The fourth-order valence-electron chi connectivity index (χ4n) is 3.62. The van der Waals surface area contributed by atoms with E-state index < -0.39 is 17.3 Å². The van der Waals surface area contributed by atoms with Crippen molar-refractivity contribution in [3.05, 3.63) is 113 Å². The fraction of sp³-hybridized carbons (Fsp3) is 0.125. The van der Waals surface area contributed by atoms with Gasteiger partial charge in [-0.2, -0.15) is 0 Å². The molecule has 0 spiro atoms. The maximum absolute atomic E-state index is 13.2. The summed E-state index contributed by atoms with van der Waals surface area (Å²) in [5.74, 6) is 0.295. The third-order valence-corrected chi connectivity index (χ3v) is 5.65. The molecule has 3 rings (SSSR count). The number of rotatable bonds is 12. The Bertz CT molecular complexity index is 1430. The Kier molecular flexibility index (Phi) is 10.3. The van der Waals surface area contributed by atoms with E-state index in [1.54, 1.807) is 48.6 Å². The molecule has 0 aliphatic heterocycles. The molecule has 0 aliphatic rings. The van der Waals surface area contributed by atoms with Crippen LogP contribution in [0.25, 0.3) is 18.2 Å². The van der Waals surface area contributed by atoms with Crippen LogP contribution in [0.2, 0.25) is 0 Å². The van der Waals surface area contributed by atoms with Gasteiger partial charge in [-0.15, -0.1) is 0 Å². The second-order valence-electron chi connectivity index (χ2n) is 8.13. The molecule has 0 radical (unpaired) electrons. The molecule has 0 saturated heterocycles. The van der Waals surface area contributed by atoms with E-state index in [-0.39, 0.29) is 5.57 Å². The monoisotopic (exact) mass is 526 g/mol. The number of hydrogen-bond donors (Lipinski definition) is 1. The Morgan fingerprint density at radius 2 is 1.00 bits per heavy atom. The van der Waals surface area contributed by atoms with Gasteiger partial charge in [0.25, 0.3) is 0 Å². The quantitative estimate of drug-likeness (QED) is 0.100. The summed E-state index contributed by atoms with van der Waals surface area (Å²) in [7, 11) is 6.09. The molecule has 0 aliphatic carbocycles. The average molecular weight is 527 g/mol. The molecule has 200 valence electrons. The van der Waals surface area contributed by atoms with E-state index in [9.17, 15) is 14.7 Å². The minimum atomic E-state index is -0.665. The number of carbonyl (C=O) groups excluding carboxylic acids is 2. The molecule has 0 saturated carbocycles. The summed E-state index contributed by atoms with van der Waals surface area (Å²) >= 11 is 0. The lowest BCUT2D eigenvalue weighted by atomic mass is 10.0. The van der Waals surface area contributed by atoms with Crippen LogP contribution in [0.5, 0.6) is 23.0 Å². The summed E-state index contributed by atoms with van der Waals surface area (Å²) in [5.41, 5.74) is 1.71. The van der Waals surface area contributed by atoms with E-state index in [0.29, 0.717) is 34.1 Å². The first-order chi connectivity index (χ1) is 18.9. The van der Waals surface area contributed by atoms with Gasteiger partial charge in [0.2, 0.25) is 0 Å². The minimum absolute atomic E-state index is 0.379. The molecule has 39 heavy (non-hydrogen) atoms. The maximum Gasteiger partial charge on any atom is 0.193 e. The molecule has 0 heterocycles. The highest BCUT2D eigenvalue weighted by molar-refractivity contribution is 6.29. The lowest BCUT2D eigenvalue weighted by Crippen LogP contribution is -2.11. The first-order valence-electron chi connectivity index (χ1n) is 12.0. The molecule has 7 heteroatoms. The van der Waals surface area contributed by atoms with Gasteiger partial charge in [0.1, 0.15) is 11.3 Å². The van der Waals surface area contributed by atoms with Crippen molar-refractivity contribution in [2.75, 3.05) is 28.4 Å². The van der Waals surface area contributed by atoms with Gasteiger partial charge in [-0.25, -0.2) is 0 Å². The number of methoxy groups -OCH3 is 4. The summed E-state index contributed by atoms with van der Waals surface area (Å²) in [5, 5.41) is 10.9. The summed E-state index contributed by atoms with van der Waals surface area (Å²) in [6.45, 7) is 0. The fourth-order valence-corrected chi connectivity index (χ4v) is 3.62. The van der Waals surface area contributed by atoms with Gasteiger partial charge in [-0.05, 0) is 59.2 Å². The van der Waals surface area contributed by atoms with E-state index in [1.807, 2.05) is 30.3 Å². The van der Waals surface area contributed by atoms with E-state index >= 15 is 0 Å². The van der Waals surface area contributed by atoms with Gasteiger partial charge in [-0.1, -0.05) is 60.7 Å². The third kappa shape index (κ3) is 7.72. The van der Waals surface area contributed by atoms with E-state index in [4.69, 9.17) is 18.9 Å². The molecule has 0 bridgehead atoms. The van der Waals surface area contributed by atoms with E-state index in [1.165, 1.54) is 52.7 Å². The number of hydrogen-bond acceptors (Lipinski definition) is 7. The molecule has 0 fully saturated rings. The van der Waals surface area contributed by atoms with Crippen molar-refractivity contribution >= 4 is 29.8 Å². The van der Waals surface area contributed by atoms with E-state index in [0.717, 1.165) is 5.56 Å². The molecule has 0 amide bonds. The Labute approximate surface area is 227 Å². The van der Waals surface area contributed by atoms with Crippen LogP contribution in [0.1, 0.15) is 16.7 Å². The van der Waals surface area contributed by atoms with Crippen LogP contribution in [0.15, 0.2) is 96.3 Å². The van der Waals surface area contributed by atoms with Gasteiger partial charge in [-0.3, -0.25) is 9.59 Å². The van der Waals surface area contributed by atoms with Crippen molar-refractivity contribution < 1.29 is 33.6 Å². The van der Waals surface area contributed by atoms with Crippen LogP contribution >= 0.6 is 0 Å². The Balaban J connectivity index is 1.96. The third-order valence-electron chi connectivity index (χ3n) is 5.65. The second kappa shape index (κ2) is 14.0. The zero-order valence-electron chi connectivity index (χ0n) is 22.2. The predicted molar refractivity (Wildman–Crippen MR) is 152 cm³/mol. The summed E-state index contributed by atoms with van der Waals surface area (Å²) in [6.07, 6.45) is 8.46. The molecule has 0 aromatic heterocycles. The number of aliphatic hydroxyl groups is 1. The number of allylic oxidation sites excluding steroid dienone is 4. The summed E-state index contributed by atoms with van der Waals surface area (Å²) < 4.78 is 21.1. The van der Waals surface area contributed by atoms with Crippen molar-refractivity contribution in [3.8, 4) is 23.0 Å². The Hall–Kier alpha value is -5.04. The molecule has 7 nitrogen and oxygen atoms in total. The summed E-state index contributed by atoms with van der Waals surface area (Å²) in [4.78, 5) is 26.3. The molecule has 0 unspecified atom stereocenters. The van der Waals surface area contributed by atoms with Crippen LogP contribution in [-0.2, 0) is 9.59 Å². The van der Waals surface area contributed by atoms with E-state index in [2.05, 4.69) is 0 Å². The zero-order valence-corrected chi connectivity index (χ0v) is 22.2. The number of ether oxygens (including phenoxy) is 4. The Morgan fingerprint density at radius 1 is 0.564 bits per heavy atom. The van der Waals surface area contributed by atoms with Crippen LogP contribution < -0.4 is 18.9 Å². The van der Waals surface area contributed by atoms with Gasteiger partial charge in [0.15, 0.2) is 34.6 Å². The van der Waals surface area contributed by atoms with Crippen LogP contribution in [0.4, 0.5) is 0 Å². The highest BCUT2D eigenvalue weighted by Crippen LogP contribution is 2.29. The first kappa shape index (κ1) is 28.5. The molecular formula is C32H30O7. The van der Waals surface area contributed by atoms with Crippen molar-refractivity contribution in [1.82, 2.24) is 0 Å². The van der Waals surface area contributed by atoms with Gasteiger partial charge in [0, 0.05) is 0 Å². The molecule has 1 N–H and O–H groups in total. The van der Waals surface area contributed by atoms with Gasteiger partial charge < -0.3 is 24.1 Å². The SMILES string of the molecule is COc1ccc(/C=C/C(=O)/C(C(=O)/C=C/c2ccccc2)=C(O)\C=C\c2ccc(OC)c(OC)c2)cc1OC. The highest BCUT2D eigenvalue weighted by atomic mass is 16.5. The van der Waals surface area contributed by atoms with Gasteiger partial charge >= 0.3 is 0 Å². The molecule has 3 aromatic rings. The van der Waals surface area contributed by atoms with Gasteiger partial charge in [0.05, 0.1) is 28.4 Å². The van der Waals surface area contributed by atoms with Crippen LogP contribution in [0, 0.1) is 0 Å². The topological polar surface area (TPSA) is 91.3 Å². The van der Waals surface area contributed by atoms with Crippen molar-refractivity contribution in [2.24, 2.45) is 0 Å². The van der Waals surface area contributed by atoms with Crippen molar-refractivity contribution in [2.45, 2.75) is 0 Å². The lowest BCUT2D eigenvalue weighted by Gasteiger charge is -2.08. The number of carbonyl (C=O) groups is 2. The number of benzene rings is 3. The average Bonchev–Trinajstić information content (AvgIpc) is 2.98. The second-order valence-corrected chi connectivity index (χ2v) is 8.13. The number of ketones is 2. The summed E-state index contributed by atoms with van der Waals surface area (Å²) in [6, 6.07) is 19.5. The normalized spacial score (nSPS) is 12.0. The number of aliphatic hydroxyl groups excluding tert-OH is 1. The minimum Gasteiger partial charge on any atom is -0.507 e. The van der Waals surface area contributed by atoms with Crippen LogP contribution in [0.3, 0.4) is 0 Å². The standard InChI is InChI=1S/C32H30O7/c1-36-28-18-13-23(20-30(28)38-3)11-16-26(34)32(25(33)15-10-22-8-6-5-7-9-22)27(35)17-12-24-14-19-29(37-2)31(21-24)39-4/h5-21,34H,1-4H3/b15-10+,16-11+,17-12+,32-26+. The Morgan fingerprint density at radius 3 is 1.46 bits per heavy atom. The van der Waals surface area contributed by atoms with Crippen molar-refractivity contribution in [3.63, 3.8) is 0 Å². The largest absolute Gasteiger partial charge is 0.507 e. The molecule has 3 aromatic carbocycles. The lowest BCUT2D eigenvalue weighted by molar-refractivity contribution is -0.117. The predicted octanol–water partition coefficient (Wildman–Crippen LogP) is 6.11. The van der Waals surface area contributed by atoms with Crippen LogP contribution in [-0.4, -0.2) is 45.1 Å². The highest BCUT2D eigenvalue weighted by Gasteiger charge is 2.19. The van der Waals surface area contributed by atoms with Crippen molar-refractivity contribution in [1.29, 1.82) is 0 Å².